The first kappa shape index (κ1) is 19.2. The molecule has 1 aliphatic rings. The van der Waals surface area contributed by atoms with Crippen LogP contribution in [0.25, 0.3) is 0 Å². The molecule has 1 aromatic carbocycles. The van der Waals surface area contributed by atoms with Crippen LogP contribution in [-0.4, -0.2) is 49.6 Å². The number of nitrogens with one attached hydrogen (secondary N) is 3. The molecule has 1 saturated heterocycles. The predicted octanol–water partition coefficient (Wildman–Crippen LogP) is 2.68. The highest BCUT2D eigenvalue weighted by atomic mass is 16.2. The van der Waals surface area contributed by atoms with Gasteiger partial charge in [-0.2, -0.15) is 0 Å². The van der Waals surface area contributed by atoms with Crippen molar-refractivity contribution in [3.63, 3.8) is 0 Å². The van der Waals surface area contributed by atoms with Crippen molar-refractivity contribution in [3.8, 4) is 0 Å². The second kappa shape index (κ2) is 9.42. The van der Waals surface area contributed by atoms with E-state index in [1.54, 1.807) is 24.3 Å². The SMILES string of the molecule is CNCCC1CCN(C(=O)c2cccc(NC(=O)NC(C)C)c2)CC1. The number of likely N-dealkylation sites (tertiary alicyclic amines) is 1. The number of carbonyl (C=O) groups excluding carboxylic acids is 2. The van der Waals surface area contributed by atoms with E-state index in [-0.39, 0.29) is 18.0 Å². The lowest BCUT2D eigenvalue weighted by molar-refractivity contribution is 0.0687. The molecular formula is C19H30N4O2. The van der Waals surface area contributed by atoms with Crippen molar-refractivity contribution >= 4 is 17.6 Å². The predicted molar refractivity (Wildman–Crippen MR) is 101 cm³/mol. The summed E-state index contributed by atoms with van der Waals surface area (Å²) in [5.41, 5.74) is 1.25. The summed E-state index contributed by atoms with van der Waals surface area (Å²) in [7, 11) is 1.97. The van der Waals surface area contributed by atoms with Gasteiger partial charge in [0.15, 0.2) is 0 Å². The Hall–Kier alpha value is -2.08. The number of benzene rings is 1. The van der Waals surface area contributed by atoms with Gasteiger partial charge in [-0.15, -0.1) is 0 Å². The van der Waals surface area contributed by atoms with Crippen molar-refractivity contribution in [1.29, 1.82) is 0 Å². The van der Waals surface area contributed by atoms with Gasteiger partial charge in [0.1, 0.15) is 0 Å². The third kappa shape index (κ3) is 6.05. The highest BCUT2D eigenvalue weighted by Gasteiger charge is 2.23. The summed E-state index contributed by atoms with van der Waals surface area (Å²) in [5, 5.41) is 8.74. The van der Waals surface area contributed by atoms with Crippen molar-refractivity contribution < 1.29 is 9.59 Å². The van der Waals surface area contributed by atoms with E-state index < -0.39 is 0 Å². The Morgan fingerprint density at radius 3 is 2.60 bits per heavy atom. The van der Waals surface area contributed by atoms with Gasteiger partial charge in [-0.05, 0) is 70.8 Å². The molecule has 3 amide bonds. The van der Waals surface area contributed by atoms with Gasteiger partial charge in [-0.1, -0.05) is 6.07 Å². The third-order valence-corrected chi connectivity index (χ3v) is 4.49. The maximum absolute atomic E-state index is 12.7. The van der Waals surface area contributed by atoms with Crippen molar-refractivity contribution in [1.82, 2.24) is 15.5 Å². The number of hydrogen-bond acceptors (Lipinski definition) is 3. The minimum absolute atomic E-state index is 0.0417. The number of anilines is 1. The molecule has 1 heterocycles. The molecule has 0 radical (unpaired) electrons. The fourth-order valence-electron chi connectivity index (χ4n) is 3.12. The van der Waals surface area contributed by atoms with E-state index in [0.717, 1.165) is 32.5 Å². The lowest BCUT2D eigenvalue weighted by Gasteiger charge is -2.32. The second-order valence-corrected chi connectivity index (χ2v) is 6.96. The molecule has 0 aliphatic carbocycles. The van der Waals surface area contributed by atoms with Gasteiger partial charge in [-0.3, -0.25) is 4.79 Å². The molecular weight excluding hydrogens is 316 g/mol. The van der Waals surface area contributed by atoms with E-state index in [1.165, 1.54) is 6.42 Å². The monoisotopic (exact) mass is 346 g/mol. The molecule has 6 heteroatoms. The van der Waals surface area contributed by atoms with Gasteiger partial charge in [0.25, 0.3) is 5.91 Å². The first-order chi connectivity index (χ1) is 12.0. The van der Waals surface area contributed by atoms with Crippen molar-refractivity contribution in [2.75, 3.05) is 32.0 Å². The summed E-state index contributed by atoms with van der Waals surface area (Å²) < 4.78 is 0. The molecule has 25 heavy (non-hydrogen) atoms. The van der Waals surface area contributed by atoms with Crippen LogP contribution in [0.4, 0.5) is 10.5 Å². The Morgan fingerprint density at radius 2 is 1.96 bits per heavy atom. The van der Waals surface area contributed by atoms with E-state index in [9.17, 15) is 9.59 Å². The summed E-state index contributed by atoms with van der Waals surface area (Å²) in [6, 6.07) is 6.95. The molecule has 0 aromatic heterocycles. The normalized spacial score (nSPS) is 15.3. The van der Waals surface area contributed by atoms with Gasteiger partial charge >= 0.3 is 6.03 Å². The van der Waals surface area contributed by atoms with Gasteiger partial charge in [-0.25, -0.2) is 4.79 Å². The van der Waals surface area contributed by atoms with Crippen LogP contribution < -0.4 is 16.0 Å². The average Bonchev–Trinajstić information content (AvgIpc) is 2.59. The minimum Gasteiger partial charge on any atom is -0.339 e. The Balaban J connectivity index is 1.92. The van der Waals surface area contributed by atoms with Crippen molar-refractivity contribution in [2.24, 2.45) is 5.92 Å². The molecule has 0 unspecified atom stereocenters. The summed E-state index contributed by atoms with van der Waals surface area (Å²) >= 11 is 0. The first-order valence-electron chi connectivity index (χ1n) is 9.11. The maximum Gasteiger partial charge on any atom is 0.319 e. The molecule has 1 aliphatic heterocycles. The highest BCUT2D eigenvalue weighted by Crippen LogP contribution is 2.22. The molecule has 0 atom stereocenters. The fourth-order valence-corrected chi connectivity index (χ4v) is 3.12. The van der Waals surface area contributed by atoms with Crippen LogP contribution in [0.3, 0.4) is 0 Å². The number of nitrogens with zero attached hydrogens (tertiary/aromatic N) is 1. The zero-order chi connectivity index (χ0) is 18.2. The van der Waals surface area contributed by atoms with Crippen LogP contribution in [0, 0.1) is 5.92 Å². The molecule has 0 bridgehead atoms. The zero-order valence-electron chi connectivity index (χ0n) is 15.5. The molecule has 1 aromatic rings. The lowest BCUT2D eigenvalue weighted by Crippen LogP contribution is -2.39. The Morgan fingerprint density at radius 1 is 1.24 bits per heavy atom. The van der Waals surface area contributed by atoms with Crippen LogP contribution >= 0.6 is 0 Å². The van der Waals surface area contributed by atoms with Gasteiger partial charge in [0, 0.05) is 30.4 Å². The topological polar surface area (TPSA) is 73.5 Å². The molecule has 0 saturated carbocycles. The quantitative estimate of drug-likeness (QED) is 0.741. The smallest absolute Gasteiger partial charge is 0.319 e. The number of amides is 3. The average molecular weight is 346 g/mol. The van der Waals surface area contributed by atoms with Gasteiger partial charge < -0.3 is 20.9 Å². The zero-order valence-corrected chi connectivity index (χ0v) is 15.5. The number of hydrogen-bond donors (Lipinski definition) is 3. The van der Waals surface area contributed by atoms with Crippen LogP contribution in [0.1, 0.15) is 43.5 Å². The van der Waals surface area contributed by atoms with Gasteiger partial charge in [0.05, 0.1) is 0 Å². The molecule has 138 valence electrons. The maximum atomic E-state index is 12.7. The number of rotatable bonds is 6. The summed E-state index contributed by atoms with van der Waals surface area (Å²) in [5.74, 6) is 0.740. The molecule has 0 spiro atoms. The number of carbonyl (C=O) groups is 2. The third-order valence-electron chi connectivity index (χ3n) is 4.49. The van der Waals surface area contributed by atoms with Crippen LogP contribution in [0.2, 0.25) is 0 Å². The summed E-state index contributed by atoms with van der Waals surface area (Å²) in [4.78, 5) is 26.4. The summed E-state index contributed by atoms with van der Waals surface area (Å²) in [6.07, 6.45) is 3.28. The Labute approximate surface area is 150 Å². The van der Waals surface area contributed by atoms with Crippen LogP contribution in [-0.2, 0) is 0 Å². The molecule has 6 nitrogen and oxygen atoms in total. The summed E-state index contributed by atoms with van der Waals surface area (Å²) in [6.45, 7) is 6.45. The van der Waals surface area contributed by atoms with E-state index in [4.69, 9.17) is 0 Å². The van der Waals surface area contributed by atoms with Crippen LogP contribution in [0.5, 0.6) is 0 Å². The molecule has 3 N–H and O–H groups in total. The van der Waals surface area contributed by atoms with Crippen molar-refractivity contribution in [2.45, 2.75) is 39.2 Å². The number of piperidine rings is 1. The van der Waals surface area contributed by atoms with Crippen LogP contribution in [0.15, 0.2) is 24.3 Å². The Kier molecular flexibility index (Phi) is 7.25. The molecule has 1 fully saturated rings. The Bertz CT molecular complexity index is 581. The van der Waals surface area contributed by atoms with E-state index in [0.29, 0.717) is 17.2 Å². The standard InChI is InChI=1S/C19H30N4O2/c1-14(2)21-19(25)22-17-6-4-5-16(13-17)18(24)23-11-8-15(9-12-23)7-10-20-3/h4-6,13-15,20H,7-12H2,1-3H3,(H2,21,22,25). The number of urea groups is 1. The molecule has 2 rings (SSSR count). The van der Waals surface area contributed by atoms with E-state index >= 15 is 0 Å². The van der Waals surface area contributed by atoms with Crippen molar-refractivity contribution in [3.05, 3.63) is 29.8 Å². The first-order valence-corrected chi connectivity index (χ1v) is 9.11. The largest absolute Gasteiger partial charge is 0.339 e. The lowest BCUT2D eigenvalue weighted by atomic mass is 9.93. The highest BCUT2D eigenvalue weighted by molar-refractivity contribution is 5.97. The minimum atomic E-state index is -0.259. The second-order valence-electron chi connectivity index (χ2n) is 6.96. The fraction of sp³-hybridized carbons (Fsp3) is 0.579. The van der Waals surface area contributed by atoms with E-state index in [2.05, 4.69) is 16.0 Å². The van der Waals surface area contributed by atoms with Gasteiger partial charge in [0.2, 0.25) is 0 Å². The van der Waals surface area contributed by atoms with E-state index in [1.807, 2.05) is 25.8 Å².